The van der Waals surface area contributed by atoms with E-state index >= 15 is 0 Å². The number of benzene rings is 1. The second kappa shape index (κ2) is 5.18. The first-order valence-electron chi connectivity index (χ1n) is 5.13. The van der Waals surface area contributed by atoms with E-state index in [0.29, 0.717) is 6.54 Å². The Hall–Kier alpha value is -1.89. The summed E-state index contributed by atoms with van der Waals surface area (Å²) in [5.41, 5.74) is 6.83. The maximum absolute atomic E-state index is 11.3. The van der Waals surface area contributed by atoms with Gasteiger partial charge in [0.15, 0.2) is 5.82 Å². The summed E-state index contributed by atoms with van der Waals surface area (Å²) in [7, 11) is 1.27. The maximum atomic E-state index is 11.3. The van der Waals surface area contributed by atoms with E-state index in [0.717, 1.165) is 10.0 Å². The third-order valence-electron chi connectivity index (χ3n) is 2.40. The van der Waals surface area contributed by atoms with Gasteiger partial charge in [-0.1, -0.05) is 33.3 Å². The largest absolute Gasteiger partial charge is 0.464 e. The molecule has 18 heavy (non-hydrogen) atoms. The van der Waals surface area contributed by atoms with Crippen molar-refractivity contribution in [3.63, 3.8) is 0 Å². The first-order valence-corrected chi connectivity index (χ1v) is 5.93. The summed E-state index contributed by atoms with van der Waals surface area (Å²) >= 11 is 3.36. The van der Waals surface area contributed by atoms with E-state index in [1.165, 1.54) is 11.8 Å². The number of methoxy groups -OCH3 is 1. The van der Waals surface area contributed by atoms with Crippen molar-refractivity contribution in [1.29, 1.82) is 0 Å². The number of rotatable bonds is 3. The predicted molar refractivity (Wildman–Crippen MR) is 69.0 cm³/mol. The molecule has 0 atom stereocenters. The van der Waals surface area contributed by atoms with Crippen LogP contribution in [0.5, 0.6) is 0 Å². The number of hydrogen-bond donors (Lipinski definition) is 1. The van der Waals surface area contributed by atoms with Gasteiger partial charge in [0.25, 0.3) is 0 Å². The number of anilines is 1. The Labute approximate surface area is 112 Å². The van der Waals surface area contributed by atoms with E-state index in [-0.39, 0.29) is 11.5 Å². The highest BCUT2D eigenvalue weighted by Gasteiger charge is 2.17. The van der Waals surface area contributed by atoms with E-state index in [1.807, 2.05) is 24.3 Å². The number of hydrogen-bond acceptors (Lipinski definition) is 5. The summed E-state index contributed by atoms with van der Waals surface area (Å²) in [5, 5.41) is 7.54. The van der Waals surface area contributed by atoms with Crippen molar-refractivity contribution in [2.24, 2.45) is 0 Å². The van der Waals surface area contributed by atoms with Crippen LogP contribution in [0.3, 0.4) is 0 Å². The molecule has 0 aliphatic rings. The van der Waals surface area contributed by atoms with Crippen LogP contribution in [0.1, 0.15) is 16.1 Å². The summed E-state index contributed by atoms with van der Waals surface area (Å²) in [6, 6.07) is 7.71. The fourth-order valence-corrected chi connectivity index (χ4v) is 1.71. The second-order valence-corrected chi connectivity index (χ2v) is 4.51. The van der Waals surface area contributed by atoms with Crippen LogP contribution in [-0.2, 0) is 11.3 Å². The smallest absolute Gasteiger partial charge is 0.362 e. The average molecular weight is 311 g/mol. The summed E-state index contributed by atoms with van der Waals surface area (Å²) < 4.78 is 7.00. The molecule has 0 radical (unpaired) electrons. The molecule has 0 saturated carbocycles. The second-order valence-electron chi connectivity index (χ2n) is 3.60. The van der Waals surface area contributed by atoms with Gasteiger partial charge in [0.2, 0.25) is 5.69 Å². The third-order valence-corrected chi connectivity index (χ3v) is 2.93. The number of esters is 1. The van der Waals surface area contributed by atoms with Gasteiger partial charge in [-0.05, 0) is 17.7 Å². The first-order chi connectivity index (χ1) is 8.61. The number of halogens is 1. The van der Waals surface area contributed by atoms with Gasteiger partial charge in [-0.2, -0.15) is 0 Å². The molecule has 0 spiro atoms. The summed E-state index contributed by atoms with van der Waals surface area (Å²) in [6.07, 6.45) is 0. The molecule has 0 bridgehead atoms. The maximum Gasteiger partial charge on any atom is 0.362 e. The number of nitrogens with two attached hydrogens (primary N) is 1. The van der Waals surface area contributed by atoms with Crippen molar-refractivity contribution in [2.45, 2.75) is 6.54 Å². The van der Waals surface area contributed by atoms with Gasteiger partial charge >= 0.3 is 5.97 Å². The average Bonchev–Trinajstić information content (AvgIpc) is 2.73. The van der Waals surface area contributed by atoms with Crippen molar-refractivity contribution in [3.8, 4) is 0 Å². The molecule has 0 aliphatic heterocycles. The molecule has 2 rings (SSSR count). The van der Waals surface area contributed by atoms with Crippen LogP contribution in [0.4, 0.5) is 5.82 Å². The van der Waals surface area contributed by atoms with Gasteiger partial charge < -0.3 is 10.5 Å². The minimum Gasteiger partial charge on any atom is -0.464 e. The van der Waals surface area contributed by atoms with E-state index in [1.54, 1.807) is 0 Å². The number of carbonyl (C=O) groups is 1. The lowest BCUT2D eigenvalue weighted by atomic mass is 10.2. The highest BCUT2D eigenvalue weighted by atomic mass is 79.9. The summed E-state index contributed by atoms with van der Waals surface area (Å²) in [5.74, 6) is -0.390. The molecule has 1 aromatic heterocycles. The Morgan fingerprint density at radius 1 is 1.44 bits per heavy atom. The molecule has 1 heterocycles. The van der Waals surface area contributed by atoms with Gasteiger partial charge in [0, 0.05) is 4.47 Å². The van der Waals surface area contributed by atoms with Crippen molar-refractivity contribution in [2.75, 3.05) is 12.8 Å². The fourth-order valence-electron chi connectivity index (χ4n) is 1.44. The van der Waals surface area contributed by atoms with Crippen LogP contribution in [0.15, 0.2) is 28.7 Å². The molecular formula is C11H11BrN4O2. The number of nitrogens with zero attached hydrogens (tertiary/aromatic N) is 3. The SMILES string of the molecule is COC(=O)c1nnn(Cc2ccc(Br)cc2)c1N. The molecule has 6 nitrogen and oxygen atoms in total. The van der Waals surface area contributed by atoms with E-state index < -0.39 is 5.97 Å². The Morgan fingerprint density at radius 2 is 2.11 bits per heavy atom. The van der Waals surface area contributed by atoms with Crippen molar-refractivity contribution >= 4 is 27.7 Å². The Morgan fingerprint density at radius 3 is 2.72 bits per heavy atom. The van der Waals surface area contributed by atoms with Crippen molar-refractivity contribution in [1.82, 2.24) is 15.0 Å². The van der Waals surface area contributed by atoms with Crippen molar-refractivity contribution in [3.05, 3.63) is 40.0 Å². The number of nitrogen functional groups attached to an aromatic ring is 1. The Balaban J connectivity index is 2.22. The van der Waals surface area contributed by atoms with Crippen LogP contribution >= 0.6 is 15.9 Å². The molecule has 7 heteroatoms. The van der Waals surface area contributed by atoms with Crippen LogP contribution in [0.2, 0.25) is 0 Å². The van der Waals surface area contributed by atoms with Crippen molar-refractivity contribution < 1.29 is 9.53 Å². The van der Waals surface area contributed by atoms with E-state index in [2.05, 4.69) is 31.0 Å². The minimum absolute atomic E-state index is 0.0367. The molecule has 0 saturated heterocycles. The molecule has 1 aromatic carbocycles. The lowest BCUT2D eigenvalue weighted by molar-refractivity contribution is 0.0595. The minimum atomic E-state index is -0.588. The van der Waals surface area contributed by atoms with Gasteiger partial charge in [-0.25, -0.2) is 9.48 Å². The zero-order valence-corrected chi connectivity index (χ0v) is 11.2. The molecule has 0 amide bonds. The zero-order valence-electron chi connectivity index (χ0n) is 9.63. The van der Waals surface area contributed by atoms with Crippen LogP contribution < -0.4 is 5.73 Å². The van der Waals surface area contributed by atoms with Crippen LogP contribution in [0.25, 0.3) is 0 Å². The van der Waals surface area contributed by atoms with Crippen LogP contribution in [-0.4, -0.2) is 28.1 Å². The molecular weight excluding hydrogens is 300 g/mol. The number of carbonyl (C=O) groups excluding carboxylic acids is 1. The molecule has 0 aliphatic carbocycles. The first kappa shape index (κ1) is 12.6. The molecule has 2 N–H and O–H groups in total. The standard InChI is InChI=1S/C11H11BrN4O2/c1-18-11(17)9-10(13)16(15-14-9)6-7-2-4-8(12)5-3-7/h2-5H,6,13H2,1H3. The lowest BCUT2D eigenvalue weighted by Gasteiger charge is -2.03. The van der Waals surface area contributed by atoms with Gasteiger partial charge in [0.1, 0.15) is 0 Å². The number of ether oxygens (including phenoxy) is 1. The normalized spacial score (nSPS) is 10.3. The topological polar surface area (TPSA) is 83.0 Å². The molecule has 2 aromatic rings. The Kier molecular flexibility index (Phi) is 3.61. The molecule has 94 valence electrons. The van der Waals surface area contributed by atoms with Gasteiger partial charge in [0.05, 0.1) is 13.7 Å². The Bertz CT molecular complexity index is 565. The highest BCUT2D eigenvalue weighted by molar-refractivity contribution is 9.10. The van der Waals surface area contributed by atoms with Gasteiger partial charge in [-0.15, -0.1) is 5.10 Å². The van der Waals surface area contributed by atoms with Gasteiger partial charge in [-0.3, -0.25) is 0 Å². The number of aromatic nitrogens is 3. The predicted octanol–water partition coefficient (Wildman–Crippen LogP) is 1.46. The lowest BCUT2D eigenvalue weighted by Crippen LogP contribution is -2.09. The summed E-state index contributed by atoms with van der Waals surface area (Å²) in [6.45, 7) is 0.448. The molecule has 0 fully saturated rings. The zero-order chi connectivity index (χ0) is 13.1. The molecule has 0 unspecified atom stereocenters. The van der Waals surface area contributed by atoms with E-state index in [4.69, 9.17) is 5.73 Å². The summed E-state index contributed by atoms with van der Waals surface area (Å²) in [4.78, 5) is 11.3. The quantitative estimate of drug-likeness (QED) is 0.868. The monoisotopic (exact) mass is 310 g/mol. The highest BCUT2D eigenvalue weighted by Crippen LogP contribution is 2.14. The van der Waals surface area contributed by atoms with Crippen LogP contribution in [0, 0.1) is 0 Å². The fraction of sp³-hybridized carbons (Fsp3) is 0.182. The third kappa shape index (κ3) is 2.51. The van der Waals surface area contributed by atoms with E-state index in [9.17, 15) is 4.79 Å².